The number of hydrogen-bond donors (Lipinski definition) is 3. The highest BCUT2D eigenvalue weighted by Gasteiger charge is 2.02. The molecule has 19 heavy (non-hydrogen) atoms. The lowest BCUT2D eigenvalue weighted by atomic mass is 10.1. The largest absolute Gasteiger partial charge is 0.314 e. The van der Waals surface area contributed by atoms with E-state index in [1.165, 1.54) is 11.3 Å². The average molecular weight is 260 g/mol. The van der Waals surface area contributed by atoms with Gasteiger partial charge in [0.2, 0.25) is 0 Å². The van der Waals surface area contributed by atoms with Gasteiger partial charge in [-0.15, -0.1) is 0 Å². The van der Waals surface area contributed by atoms with E-state index in [1.54, 1.807) is 0 Å². The van der Waals surface area contributed by atoms with Crippen LogP contribution in [0.3, 0.4) is 0 Å². The Morgan fingerprint density at radius 1 is 0.842 bits per heavy atom. The number of hydrogen-bond acceptors (Lipinski definition) is 4. The van der Waals surface area contributed by atoms with Gasteiger partial charge in [0.25, 0.3) is 0 Å². The molecule has 0 spiro atoms. The molecule has 0 amide bonds. The minimum Gasteiger partial charge on any atom is -0.314 e. The Morgan fingerprint density at radius 3 is 2.32 bits per heavy atom. The summed E-state index contributed by atoms with van der Waals surface area (Å²) in [5.41, 5.74) is 2.58. The van der Waals surface area contributed by atoms with Crippen LogP contribution in [-0.2, 0) is 6.42 Å². The van der Waals surface area contributed by atoms with Crippen LogP contribution in [0.15, 0.2) is 35.3 Å². The molecule has 1 heterocycles. The lowest BCUT2D eigenvalue weighted by Crippen LogP contribution is -2.36. The number of rotatable bonds is 2. The highest BCUT2D eigenvalue weighted by molar-refractivity contribution is 5.88. The molecule has 4 heteroatoms. The van der Waals surface area contributed by atoms with Crippen molar-refractivity contribution in [3.63, 3.8) is 0 Å². The summed E-state index contributed by atoms with van der Waals surface area (Å²) in [6.07, 6.45) is 0.946. The van der Waals surface area contributed by atoms with Crippen molar-refractivity contribution < 1.29 is 0 Å². The maximum absolute atomic E-state index is 4.72. The van der Waals surface area contributed by atoms with Gasteiger partial charge in [0, 0.05) is 51.4 Å². The first-order valence-corrected chi connectivity index (χ1v) is 7.13. The zero-order valence-electron chi connectivity index (χ0n) is 11.5. The Bertz CT molecular complexity index is 375. The Morgan fingerprint density at radius 2 is 1.53 bits per heavy atom. The number of benzene rings is 1. The van der Waals surface area contributed by atoms with E-state index in [0.29, 0.717) is 0 Å². The Hall–Kier alpha value is -1.23. The highest BCUT2D eigenvalue weighted by Crippen LogP contribution is 2.01. The molecule has 2 rings (SSSR count). The molecule has 0 bridgehead atoms. The van der Waals surface area contributed by atoms with Crippen LogP contribution in [0.25, 0.3) is 0 Å². The second-order valence-electron chi connectivity index (χ2n) is 4.79. The summed E-state index contributed by atoms with van der Waals surface area (Å²) in [7, 11) is 0. The number of aliphatic imine (C=N–C) groups is 1. The highest BCUT2D eigenvalue weighted by atomic mass is 15.0. The van der Waals surface area contributed by atoms with Crippen molar-refractivity contribution in [1.82, 2.24) is 16.0 Å². The van der Waals surface area contributed by atoms with Gasteiger partial charge in [0.1, 0.15) is 0 Å². The van der Waals surface area contributed by atoms with Gasteiger partial charge in [-0.3, -0.25) is 4.99 Å². The van der Waals surface area contributed by atoms with Crippen molar-refractivity contribution in [2.45, 2.75) is 6.42 Å². The fourth-order valence-electron chi connectivity index (χ4n) is 2.14. The molecule has 3 N–H and O–H groups in total. The standard InChI is InChI=1S/C15H24N4/c1-2-4-14(5-3-1)12-15-13-18-9-8-16-6-7-17-10-11-19-15/h1-5,16-18H,6-13H2. The van der Waals surface area contributed by atoms with E-state index in [2.05, 4.69) is 46.3 Å². The van der Waals surface area contributed by atoms with Crippen molar-refractivity contribution in [1.29, 1.82) is 0 Å². The molecule has 4 nitrogen and oxygen atoms in total. The summed E-state index contributed by atoms with van der Waals surface area (Å²) in [4.78, 5) is 4.72. The molecule has 0 aliphatic carbocycles. The van der Waals surface area contributed by atoms with Crippen LogP contribution in [0.2, 0.25) is 0 Å². The van der Waals surface area contributed by atoms with Gasteiger partial charge in [0.05, 0.1) is 6.54 Å². The van der Waals surface area contributed by atoms with Crippen LogP contribution in [-0.4, -0.2) is 51.5 Å². The Balaban J connectivity index is 1.90. The Labute approximate surface area is 115 Å². The second-order valence-corrected chi connectivity index (χ2v) is 4.79. The first-order chi connectivity index (χ1) is 9.45. The van der Waals surface area contributed by atoms with Gasteiger partial charge < -0.3 is 16.0 Å². The summed E-state index contributed by atoms with van der Waals surface area (Å²) in [6.45, 7) is 6.76. The molecule has 0 fully saturated rings. The fraction of sp³-hybridized carbons (Fsp3) is 0.533. The zero-order valence-corrected chi connectivity index (χ0v) is 11.5. The monoisotopic (exact) mass is 260 g/mol. The molecular formula is C15H24N4. The molecule has 0 saturated heterocycles. The van der Waals surface area contributed by atoms with Crippen LogP contribution in [0, 0.1) is 0 Å². The Kier molecular flexibility index (Phi) is 6.57. The van der Waals surface area contributed by atoms with E-state index in [1.807, 2.05) is 0 Å². The van der Waals surface area contributed by atoms with Crippen LogP contribution in [0.5, 0.6) is 0 Å². The molecule has 1 aliphatic heterocycles. The van der Waals surface area contributed by atoms with Crippen molar-refractivity contribution >= 4 is 5.71 Å². The first kappa shape index (κ1) is 14.2. The normalized spacial score (nSPS) is 19.1. The summed E-state index contributed by atoms with van der Waals surface area (Å²) in [5, 5.41) is 10.3. The maximum Gasteiger partial charge on any atom is 0.0514 e. The third-order valence-electron chi connectivity index (χ3n) is 3.16. The number of nitrogens with zero attached hydrogens (tertiary/aromatic N) is 1. The minimum absolute atomic E-state index is 0.865. The second kappa shape index (κ2) is 8.80. The molecule has 0 aromatic heterocycles. The molecule has 0 unspecified atom stereocenters. The predicted molar refractivity (Wildman–Crippen MR) is 81.1 cm³/mol. The van der Waals surface area contributed by atoms with Gasteiger partial charge in [-0.05, 0) is 5.56 Å². The summed E-state index contributed by atoms with van der Waals surface area (Å²) in [6, 6.07) is 10.6. The van der Waals surface area contributed by atoms with E-state index in [0.717, 1.165) is 52.2 Å². The van der Waals surface area contributed by atoms with Crippen LogP contribution < -0.4 is 16.0 Å². The van der Waals surface area contributed by atoms with Crippen molar-refractivity contribution in [3.05, 3.63) is 35.9 Å². The average Bonchev–Trinajstić information content (AvgIpc) is 2.43. The van der Waals surface area contributed by atoms with Crippen molar-refractivity contribution in [2.24, 2.45) is 4.99 Å². The van der Waals surface area contributed by atoms with Gasteiger partial charge in [-0.25, -0.2) is 0 Å². The van der Waals surface area contributed by atoms with Crippen LogP contribution in [0.4, 0.5) is 0 Å². The quantitative estimate of drug-likeness (QED) is 0.724. The lowest BCUT2D eigenvalue weighted by Gasteiger charge is -2.12. The topological polar surface area (TPSA) is 48.5 Å². The first-order valence-electron chi connectivity index (χ1n) is 7.13. The minimum atomic E-state index is 0.865. The molecular weight excluding hydrogens is 236 g/mol. The molecule has 0 atom stereocenters. The third kappa shape index (κ3) is 5.96. The maximum atomic E-state index is 4.72. The smallest absolute Gasteiger partial charge is 0.0514 e. The summed E-state index contributed by atoms with van der Waals surface area (Å²) >= 11 is 0. The lowest BCUT2D eigenvalue weighted by molar-refractivity contribution is 0.592. The van der Waals surface area contributed by atoms with Gasteiger partial charge in [0.15, 0.2) is 0 Å². The van der Waals surface area contributed by atoms with Crippen LogP contribution in [0.1, 0.15) is 5.56 Å². The van der Waals surface area contributed by atoms with E-state index < -0.39 is 0 Å². The zero-order chi connectivity index (χ0) is 13.2. The fourth-order valence-corrected chi connectivity index (χ4v) is 2.14. The molecule has 1 aromatic carbocycles. The molecule has 104 valence electrons. The van der Waals surface area contributed by atoms with E-state index >= 15 is 0 Å². The third-order valence-corrected chi connectivity index (χ3v) is 3.16. The van der Waals surface area contributed by atoms with E-state index in [-0.39, 0.29) is 0 Å². The van der Waals surface area contributed by atoms with E-state index in [9.17, 15) is 0 Å². The van der Waals surface area contributed by atoms with E-state index in [4.69, 9.17) is 4.99 Å². The summed E-state index contributed by atoms with van der Waals surface area (Å²) < 4.78 is 0. The SMILES string of the molecule is c1ccc(CC2=NCCNCCNCCNC2)cc1. The number of nitrogens with one attached hydrogen (secondary N) is 3. The molecule has 1 aliphatic rings. The van der Waals surface area contributed by atoms with Gasteiger partial charge in [-0.2, -0.15) is 0 Å². The predicted octanol–water partition coefficient (Wildman–Crippen LogP) is 0.453. The molecule has 0 saturated carbocycles. The van der Waals surface area contributed by atoms with Gasteiger partial charge in [-0.1, -0.05) is 30.3 Å². The summed E-state index contributed by atoms with van der Waals surface area (Å²) in [5.74, 6) is 0. The molecule has 0 radical (unpaired) electrons. The van der Waals surface area contributed by atoms with Crippen molar-refractivity contribution in [2.75, 3.05) is 45.8 Å². The van der Waals surface area contributed by atoms with Crippen LogP contribution >= 0.6 is 0 Å². The van der Waals surface area contributed by atoms with Gasteiger partial charge >= 0.3 is 0 Å². The molecule has 1 aromatic rings. The van der Waals surface area contributed by atoms with Crippen molar-refractivity contribution in [3.8, 4) is 0 Å².